The molecule has 1 atom stereocenters. The second kappa shape index (κ2) is 4.94. The van der Waals surface area contributed by atoms with Gasteiger partial charge in [0.05, 0.1) is 12.7 Å². The van der Waals surface area contributed by atoms with E-state index in [1.54, 1.807) is 0 Å². The zero-order valence-corrected chi connectivity index (χ0v) is 9.00. The maximum absolute atomic E-state index is 5.89. The smallest absolute Gasteiger partial charge is 0.177 e. The van der Waals surface area contributed by atoms with E-state index in [1.807, 2.05) is 0 Å². The Labute approximate surface area is 86.3 Å². The first-order chi connectivity index (χ1) is 6.88. The van der Waals surface area contributed by atoms with Gasteiger partial charge < -0.3 is 9.47 Å². The molecular weight excluding hydrogens is 176 g/mol. The molecule has 2 heteroatoms. The topological polar surface area (TPSA) is 18.5 Å². The fourth-order valence-electron chi connectivity index (χ4n) is 2.17. The number of rotatable bonds is 3. The predicted octanol–water partition coefficient (Wildman–Crippen LogP) is 3.03. The van der Waals surface area contributed by atoms with Crippen molar-refractivity contribution in [1.82, 2.24) is 0 Å². The second-order valence-electron chi connectivity index (χ2n) is 4.25. The van der Waals surface area contributed by atoms with Gasteiger partial charge in [-0.25, -0.2) is 0 Å². The van der Waals surface area contributed by atoms with Crippen molar-refractivity contribution in [2.75, 3.05) is 6.61 Å². The third-order valence-electron chi connectivity index (χ3n) is 3.14. The summed E-state index contributed by atoms with van der Waals surface area (Å²) in [5, 5.41) is 0. The molecule has 0 aromatic rings. The van der Waals surface area contributed by atoms with E-state index in [9.17, 15) is 0 Å². The largest absolute Gasteiger partial charge is 0.346 e. The lowest BCUT2D eigenvalue weighted by Crippen LogP contribution is -2.23. The summed E-state index contributed by atoms with van der Waals surface area (Å²) in [6.45, 7) is 2.94. The lowest BCUT2D eigenvalue weighted by molar-refractivity contribution is -0.134. The highest BCUT2D eigenvalue weighted by Crippen LogP contribution is 2.24. The molecule has 1 aliphatic carbocycles. The van der Waals surface area contributed by atoms with Crippen LogP contribution in [-0.2, 0) is 9.47 Å². The summed E-state index contributed by atoms with van der Waals surface area (Å²) in [4.78, 5) is 0. The van der Waals surface area contributed by atoms with E-state index in [1.165, 1.54) is 37.7 Å². The van der Waals surface area contributed by atoms with Crippen LogP contribution in [0.25, 0.3) is 0 Å². The predicted molar refractivity (Wildman–Crippen MR) is 56.1 cm³/mol. The molecule has 1 aliphatic heterocycles. The van der Waals surface area contributed by atoms with Crippen LogP contribution in [0.3, 0.4) is 0 Å². The highest BCUT2D eigenvalue weighted by molar-refractivity contribution is 5.08. The van der Waals surface area contributed by atoms with E-state index < -0.39 is 0 Å². The van der Waals surface area contributed by atoms with Gasteiger partial charge in [0, 0.05) is 0 Å². The van der Waals surface area contributed by atoms with E-state index in [-0.39, 0.29) is 6.29 Å². The summed E-state index contributed by atoms with van der Waals surface area (Å²) < 4.78 is 11.4. The third kappa shape index (κ3) is 2.58. The molecule has 1 saturated carbocycles. The summed E-state index contributed by atoms with van der Waals surface area (Å²) >= 11 is 0. The average Bonchev–Trinajstić information content (AvgIpc) is 2.67. The van der Waals surface area contributed by atoms with Gasteiger partial charge in [0.25, 0.3) is 0 Å². The van der Waals surface area contributed by atoms with Crippen molar-refractivity contribution in [3.63, 3.8) is 0 Å². The van der Waals surface area contributed by atoms with Crippen LogP contribution in [0.5, 0.6) is 0 Å². The van der Waals surface area contributed by atoms with Crippen LogP contribution in [0.15, 0.2) is 11.6 Å². The number of ether oxygens (including phenoxy) is 2. The van der Waals surface area contributed by atoms with Crippen molar-refractivity contribution in [3.8, 4) is 0 Å². The highest BCUT2D eigenvalue weighted by atomic mass is 16.7. The number of hydrogen-bond donors (Lipinski definition) is 0. The van der Waals surface area contributed by atoms with Crippen molar-refractivity contribution in [2.45, 2.75) is 57.8 Å². The monoisotopic (exact) mass is 196 g/mol. The van der Waals surface area contributed by atoms with Gasteiger partial charge in [0.15, 0.2) is 6.29 Å². The molecule has 0 saturated heterocycles. The molecule has 0 bridgehead atoms. The van der Waals surface area contributed by atoms with Crippen molar-refractivity contribution in [3.05, 3.63) is 11.6 Å². The zero-order chi connectivity index (χ0) is 9.80. The lowest BCUT2D eigenvalue weighted by Gasteiger charge is -2.24. The molecule has 2 rings (SSSR count). The minimum Gasteiger partial charge on any atom is -0.346 e. The van der Waals surface area contributed by atoms with Crippen LogP contribution in [-0.4, -0.2) is 19.0 Å². The van der Waals surface area contributed by atoms with Crippen molar-refractivity contribution in [1.29, 1.82) is 0 Å². The Balaban J connectivity index is 1.77. The SMILES string of the molecule is CCC1=C[C@H](OC2CCCCC2)OC1. The molecule has 0 aromatic heterocycles. The molecule has 0 unspecified atom stereocenters. The Morgan fingerprint density at radius 1 is 1.36 bits per heavy atom. The first-order valence-electron chi connectivity index (χ1n) is 5.85. The van der Waals surface area contributed by atoms with Crippen LogP contribution in [0, 0.1) is 0 Å². The highest BCUT2D eigenvalue weighted by Gasteiger charge is 2.21. The van der Waals surface area contributed by atoms with Gasteiger partial charge in [-0.2, -0.15) is 0 Å². The number of hydrogen-bond acceptors (Lipinski definition) is 2. The third-order valence-corrected chi connectivity index (χ3v) is 3.14. The van der Waals surface area contributed by atoms with Crippen LogP contribution < -0.4 is 0 Å². The van der Waals surface area contributed by atoms with Crippen molar-refractivity contribution >= 4 is 0 Å². The van der Waals surface area contributed by atoms with Gasteiger partial charge in [-0.3, -0.25) is 0 Å². The molecule has 1 heterocycles. The van der Waals surface area contributed by atoms with Crippen molar-refractivity contribution in [2.24, 2.45) is 0 Å². The van der Waals surface area contributed by atoms with Gasteiger partial charge in [-0.05, 0) is 30.9 Å². The Hall–Kier alpha value is -0.340. The molecule has 0 radical (unpaired) electrons. The van der Waals surface area contributed by atoms with Crippen molar-refractivity contribution < 1.29 is 9.47 Å². The van der Waals surface area contributed by atoms with E-state index >= 15 is 0 Å². The Kier molecular flexibility index (Phi) is 3.60. The molecule has 0 N–H and O–H groups in total. The molecule has 0 aromatic carbocycles. The molecule has 14 heavy (non-hydrogen) atoms. The van der Waals surface area contributed by atoms with Gasteiger partial charge in [-0.1, -0.05) is 26.2 Å². The maximum atomic E-state index is 5.89. The van der Waals surface area contributed by atoms with E-state index in [0.717, 1.165) is 13.0 Å². The summed E-state index contributed by atoms with van der Waals surface area (Å²) in [6, 6.07) is 0. The summed E-state index contributed by atoms with van der Waals surface area (Å²) in [5.74, 6) is 0. The fraction of sp³-hybridized carbons (Fsp3) is 0.833. The van der Waals surface area contributed by atoms with E-state index in [2.05, 4.69) is 13.0 Å². The molecule has 80 valence electrons. The van der Waals surface area contributed by atoms with E-state index in [0.29, 0.717) is 6.10 Å². The van der Waals surface area contributed by atoms with E-state index in [4.69, 9.17) is 9.47 Å². The first-order valence-corrected chi connectivity index (χ1v) is 5.85. The summed E-state index contributed by atoms with van der Waals surface area (Å²) in [7, 11) is 0. The minimum atomic E-state index is -0.0481. The molecule has 0 spiro atoms. The van der Waals surface area contributed by atoms with Gasteiger partial charge in [-0.15, -0.1) is 0 Å². The molecule has 0 amide bonds. The van der Waals surface area contributed by atoms with Crippen LogP contribution >= 0.6 is 0 Å². The van der Waals surface area contributed by atoms with Gasteiger partial charge in [0.2, 0.25) is 0 Å². The first kappa shape index (κ1) is 10.2. The normalized spacial score (nSPS) is 29.2. The standard InChI is InChI=1S/C12H20O2/c1-2-10-8-12(13-9-10)14-11-6-4-3-5-7-11/h8,11-12H,2-7,9H2,1H3/t12-/m0/s1. The van der Waals surface area contributed by atoms with Crippen LogP contribution in [0.1, 0.15) is 45.4 Å². The maximum Gasteiger partial charge on any atom is 0.177 e. The molecule has 2 aliphatic rings. The Bertz CT molecular complexity index is 204. The summed E-state index contributed by atoms with van der Waals surface area (Å²) in [6.07, 6.45) is 10.1. The summed E-state index contributed by atoms with van der Waals surface area (Å²) in [5.41, 5.74) is 1.38. The molecule has 1 fully saturated rings. The van der Waals surface area contributed by atoms with Gasteiger partial charge >= 0.3 is 0 Å². The van der Waals surface area contributed by atoms with Gasteiger partial charge in [0.1, 0.15) is 0 Å². The zero-order valence-electron chi connectivity index (χ0n) is 9.00. The second-order valence-corrected chi connectivity index (χ2v) is 4.25. The average molecular weight is 196 g/mol. The fourth-order valence-corrected chi connectivity index (χ4v) is 2.17. The minimum absolute atomic E-state index is 0.0481. The lowest BCUT2D eigenvalue weighted by atomic mass is 9.98. The molecule has 2 nitrogen and oxygen atoms in total. The van der Waals surface area contributed by atoms with Crippen LogP contribution in [0.4, 0.5) is 0 Å². The Morgan fingerprint density at radius 3 is 2.79 bits per heavy atom. The Morgan fingerprint density at radius 2 is 2.14 bits per heavy atom. The molecular formula is C12H20O2. The quantitative estimate of drug-likeness (QED) is 0.646. The van der Waals surface area contributed by atoms with Crippen LogP contribution in [0.2, 0.25) is 0 Å².